The molecule has 120 valence electrons. The Labute approximate surface area is 139 Å². The van der Waals surface area contributed by atoms with Gasteiger partial charge in [0.1, 0.15) is 6.04 Å². The Kier molecular flexibility index (Phi) is 4.76. The molecule has 0 fully saturated rings. The molecule has 2 aromatic rings. The van der Waals surface area contributed by atoms with Crippen LogP contribution in [0.3, 0.4) is 0 Å². The highest BCUT2D eigenvalue weighted by molar-refractivity contribution is 7.09. The van der Waals surface area contributed by atoms with Crippen LogP contribution < -0.4 is 0 Å². The summed E-state index contributed by atoms with van der Waals surface area (Å²) >= 11 is 1.69. The van der Waals surface area contributed by atoms with E-state index in [1.807, 2.05) is 35.7 Å². The van der Waals surface area contributed by atoms with Gasteiger partial charge in [-0.2, -0.15) is 0 Å². The smallest absolute Gasteiger partial charge is 0.326 e. The third-order valence-electron chi connectivity index (χ3n) is 4.25. The molecule has 1 N–H and O–H groups in total. The maximum atomic E-state index is 12.5. The Hall–Kier alpha value is -2.14. The number of aryl methyl sites for hydroxylation is 1. The fourth-order valence-electron chi connectivity index (χ4n) is 3.02. The van der Waals surface area contributed by atoms with Gasteiger partial charge in [-0.3, -0.25) is 4.79 Å². The van der Waals surface area contributed by atoms with Gasteiger partial charge in [-0.05, 0) is 35.4 Å². The molecule has 1 aromatic carbocycles. The third kappa shape index (κ3) is 3.62. The Morgan fingerprint density at radius 3 is 2.65 bits per heavy atom. The second kappa shape index (κ2) is 6.96. The highest BCUT2D eigenvalue weighted by Gasteiger charge is 2.33. The summed E-state index contributed by atoms with van der Waals surface area (Å²) in [7, 11) is 0. The van der Waals surface area contributed by atoms with Crippen LogP contribution in [0.4, 0.5) is 0 Å². The summed E-state index contributed by atoms with van der Waals surface area (Å²) in [5.41, 5.74) is 2.08. The number of hydrogen-bond acceptors (Lipinski definition) is 3. The monoisotopic (exact) mass is 329 g/mol. The summed E-state index contributed by atoms with van der Waals surface area (Å²) in [6.07, 6.45) is 2.40. The normalized spacial score (nSPS) is 16.9. The molecule has 3 rings (SSSR count). The zero-order valence-electron chi connectivity index (χ0n) is 12.8. The Balaban J connectivity index is 1.66. The first-order valence-electron chi connectivity index (χ1n) is 7.76. The van der Waals surface area contributed by atoms with Crippen LogP contribution in [0.5, 0.6) is 0 Å². The van der Waals surface area contributed by atoms with E-state index in [1.54, 1.807) is 11.3 Å². The Morgan fingerprint density at radius 1 is 1.17 bits per heavy atom. The van der Waals surface area contributed by atoms with Crippen molar-refractivity contribution in [2.75, 3.05) is 0 Å². The first-order valence-corrected chi connectivity index (χ1v) is 8.64. The largest absolute Gasteiger partial charge is 0.480 e. The van der Waals surface area contributed by atoms with E-state index in [4.69, 9.17) is 0 Å². The lowest BCUT2D eigenvalue weighted by atomic mass is 9.93. The first-order chi connectivity index (χ1) is 11.1. The highest BCUT2D eigenvalue weighted by atomic mass is 32.1. The lowest BCUT2D eigenvalue weighted by Crippen LogP contribution is -2.48. The second-order valence-electron chi connectivity index (χ2n) is 5.78. The number of carbonyl (C=O) groups is 2. The number of amides is 1. The van der Waals surface area contributed by atoms with Gasteiger partial charge in [-0.15, -0.1) is 11.3 Å². The Bertz CT molecular complexity index is 696. The van der Waals surface area contributed by atoms with E-state index in [9.17, 15) is 14.7 Å². The fraction of sp³-hybridized carbons (Fsp3) is 0.333. The van der Waals surface area contributed by atoms with Gasteiger partial charge in [0.25, 0.3) is 0 Å². The standard InChI is InChI=1S/C18H19NO3S/c20-17(9-3-7-15-8-4-10-23-15)19-12-14-6-2-1-5-13(14)11-16(19)18(21)22/h1-2,4-6,8,10,16H,3,7,9,11-12H2,(H,21,22). The molecule has 0 saturated carbocycles. The van der Waals surface area contributed by atoms with Crippen LogP contribution in [0.15, 0.2) is 41.8 Å². The number of carboxylic acid groups (broad SMARTS) is 1. The quantitative estimate of drug-likeness (QED) is 0.917. The number of benzene rings is 1. The van der Waals surface area contributed by atoms with Gasteiger partial charge in [-0.1, -0.05) is 30.3 Å². The lowest BCUT2D eigenvalue weighted by Gasteiger charge is -2.34. The molecular formula is C18H19NO3S. The first kappa shape index (κ1) is 15.7. The van der Waals surface area contributed by atoms with E-state index in [2.05, 4.69) is 6.07 Å². The number of carboxylic acids is 1. The van der Waals surface area contributed by atoms with Crippen molar-refractivity contribution in [3.8, 4) is 0 Å². The average Bonchev–Trinajstić information content (AvgIpc) is 3.06. The molecule has 0 aliphatic carbocycles. The van der Waals surface area contributed by atoms with Gasteiger partial charge >= 0.3 is 5.97 Å². The number of rotatable bonds is 5. The molecular weight excluding hydrogens is 310 g/mol. The van der Waals surface area contributed by atoms with Crippen molar-refractivity contribution in [1.82, 2.24) is 4.90 Å². The van der Waals surface area contributed by atoms with Gasteiger partial charge in [0.15, 0.2) is 0 Å². The lowest BCUT2D eigenvalue weighted by molar-refractivity contribution is -0.151. The van der Waals surface area contributed by atoms with Crippen LogP contribution in [-0.4, -0.2) is 27.9 Å². The number of fused-ring (bicyclic) bond motifs is 1. The van der Waals surface area contributed by atoms with Crippen molar-refractivity contribution in [2.45, 2.75) is 38.3 Å². The SMILES string of the molecule is O=C(O)C1Cc2ccccc2CN1C(=O)CCCc1cccs1. The van der Waals surface area contributed by atoms with Gasteiger partial charge < -0.3 is 10.0 Å². The molecule has 1 atom stereocenters. The minimum absolute atomic E-state index is 0.0662. The molecule has 2 heterocycles. The van der Waals surface area contributed by atoms with E-state index in [-0.39, 0.29) is 5.91 Å². The second-order valence-corrected chi connectivity index (χ2v) is 6.81. The summed E-state index contributed by atoms with van der Waals surface area (Å²) in [4.78, 5) is 26.9. The zero-order chi connectivity index (χ0) is 16.2. The van der Waals surface area contributed by atoms with Crippen LogP contribution in [-0.2, 0) is 29.0 Å². The van der Waals surface area contributed by atoms with Crippen molar-refractivity contribution >= 4 is 23.2 Å². The van der Waals surface area contributed by atoms with Crippen molar-refractivity contribution < 1.29 is 14.7 Å². The molecule has 5 heteroatoms. The number of thiophene rings is 1. The molecule has 23 heavy (non-hydrogen) atoms. The van der Waals surface area contributed by atoms with Crippen LogP contribution in [0, 0.1) is 0 Å². The molecule has 0 spiro atoms. The van der Waals surface area contributed by atoms with Crippen LogP contribution in [0.25, 0.3) is 0 Å². The van der Waals surface area contributed by atoms with Gasteiger partial charge in [0.2, 0.25) is 5.91 Å². The van der Waals surface area contributed by atoms with Gasteiger partial charge in [0, 0.05) is 24.3 Å². The third-order valence-corrected chi connectivity index (χ3v) is 5.18. The highest BCUT2D eigenvalue weighted by Crippen LogP contribution is 2.24. The average molecular weight is 329 g/mol. The summed E-state index contributed by atoms with van der Waals surface area (Å²) in [5, 5.41) is 11.5. The number of hydrogen-bond donors (Lipinski definition) is 1. The molecule has 0 saturated heterocycles. The molecule has 0 bridgehead atoms. The summed E-state index contributed by atoms with van der Waals surface area (Å²) in [6, 6.07) is 11.1. The van der Waals surface area contributed by atoms with Gasteiger partial charge in [0.05, 0.1) is 0 Å². The Morgan fingerprint density at radius 2 is 1.96 bits per heavy atom. The van der Waals surface area contributed by atoms with Crippen molar-refractivity contribution in [2.24, 2.45) is 0 Å². The minimum Gasteiger partial charge on any atom is -0.480 e. The van der Waals surface area contributed by atoms with E-state index in [1.165, 1.54) is 9.78 Å². The number of aliphatic carboxylic acids is 1. The molecule has 1 aliphatic rings. The molecule has 1 aliphatic heterocycles. The van der Waals surface area contributed by atoms with Crippen molar-refractivity contribution in [3.63, 3.8) is 0 Å². The fourth-order valence-corrected chi connectivity index (χ4v) is 3.77. The van der Waals surface area contributed by atoms with Gasteiger partial charge in [-0.25, -0.2) is 4.79 Å². The maximum absolute atomic E-state index is 12.5. The molecule has 1 amide bonds. The predicted octanol–water partition coefficient (Wildman–Crippen LogP) is 3.11. The summed E-state index contributed by atoms with van der Waals surface area (Å²) in [5.74, 6) is -0.991. The van der Waals surface area contributed by atoms with E-state index < -0.39 is 12.0 Å². The molecule has 1 unspecified atom stereocenters. The van der Waals surface area contributed by atoms with Crippen molar-refractivity contribution in [3.05, 3.63) is 57.8 Å². The van der Waals surface area contributed by atoms with E-state index >= 15 is 0 Å². The molecule has 0 radical (unpaired) electrons. The molecule has 1 aromatic heterocycles. The van der Waals surface area contributed by atoms with E-state index in [0.717, 1.165) is 24.0 Å². The van der Waals surface area contributed by atoms with Crippen LogP contribution in [0.1, 0.15) is 28.8 Å². The maximum Gasteiger partial charge on any atom is 0.326 e. The number of nitrogens with zero attached hydrogens (tertiary/aromatic N) is 1. The summed E-state index contributed by atoms with van der Waals surface area (Å²) in [6.45, 7) is 0.394. The van der Waals surface area contributed by atoms with E-state index in [0.29, 0.717) is 19.4 Å². The van der Waals surface area contributed by atoms with Crippen LogP contribution in [0.2, 0.25) is 0 Å². The minimum atomic E-state index is -0.925. The van der Waals surface area contributed by atoms with Crippen molar-refractivity contribution in [1.29, 1.82) is 0 Å². The predicted molar refractivity (Wildman–Crippen MR) is 89.4 cm³/mol. The number of carbonyl (C=O) groups excluding carboxylic acids is 1. The van der Waals surface area contributed by atoms with Crippen LogP contribution >= 0.6 is 11.3 Å². The summed E-state index contributed by atoms with van der Waals surface area (Å²) < 4.78 is 0. The zero-order valence-corrected chi connectivity index (χ0v) is 13.6. The topological polar surface area (TPSA) is 57.6 Å². The molecule has 4 nitrogen and oxygen atoms in total.